The van der Waals surface area contributed by atoms with Gasteiger partial charge in [-0.05, 0) is 35.2 Å². The number of Topliss-reactive ketones (excluding diaryl/α,β-unsaturated/α-hetero) is 1. The van der Waals surface area contributed by atoms with Gasteiger partial charge >= 0.3 is 5.97 Å². The minimum atomic E-state index is -1.04. The van der Waals surface area contributed by atoms with Gasteiger partial charge in [-0.25, -0.2) is 4.79 Å². The molecule has 3 aromatic carbocycles. The van der Waals surface area contributed by atoms with Crippen molar-refractivity contribution in [1.29, 1.82) is 0 Å². The summed E-state index contributed by atoms with van der Waals surface area (Å²) in [5, 5.41) is 9.20. The Bertz CT molecular complexity index is 996. The molecule has 0 amide bonds. The van der Waals surface area contributed by atoms with Crippen LogP contribution in [0.4, 0.5) is 0 Å². The molecule has 0 aliphatic carbocycles. The van der Waals surface area contributed by atoms with Crippen LogP contribution in [0.15, 0.2) is 78.9 Å². The number of hydrogen-bond acceptors (Lipinski definition) is 4. The lowest BCUT2D eigenvalue weighted by molar-refractivity contribution is -0.148. The minimum absolute atomic E-state index is 0.0288. The summed E-state index contributed by atoms with van der Waals surface area (Å²) in [7, 11) is 1.35. The standard InChI is InChI=1S/C26H26O5/c1-30-25(26(28)29)18-21-10-5-6-11-23(21)24(27)12-7-17-31-22-15-13-20(14-16-22)19-8-3-2-4-9-19/h2-6,8-11,13-16,25H,7,12,17-18H2,1H3,(H,28,29)/t25-/m0/s1. The molecular weight excluding hydrogens is 392 g/mol. The Kier molecular flexibility index (Phi) is 7.96. The maximum atomic E-state index is 12.7. The molecule has 1 atom stereocenters. The van der Waals surface area contributed by atoms with Gasteiger partial charge in [-0.1, -0.05) is 66.7 Å². The molecule has 5 heteroatoms. The molecule has 1 N–H and O–H groups in total. The number of carboxylic acids is 1. The Balaban J connectivity index is 1.51. The van der Waals surface area contributed by atoms with Crippen LogP contribution in [0.25, 0.3) is 11.1 Å². The number of aliphatic carboxylic acids is 1. The van der Waals surface area contributed by atoms with Crippen molar-refractivity contribution >= 4 is 11.8 Å². The van der Waals surface area contributed by atoms with Crippen molar-refractivity contribution in [3.8, 4) is 16.9 Å². The number of carbonyl (C=O) groups excluding carboxylic acids is 1. The molecular formula is C26H26O5. The lowest BCUT2D eigenvalue weighted by Gasteiger charge is -2.13. The van der Waals surface area contributed by atoms with Crippen LogP contribution in [0.3, 0.4) is 0 Å². The Morgan fingerprint density at radius 3 is 2.19 bits per heavy atom. The number of methoxy groups -OCH3 is 1. The lowest BCUT2D eigenvalue weighted by Crippen LogP contribution is -2.25. The van der Waals surface area contributed by atoms with E-state index >= 15 is 0 Å². The van der Waals surface area contributed by atoms with Crippen molar-refractivity contribution in [1.82, 2.24) is 0 Å². The number of carbonyl (C=O) groups is 2. The average molecular weight is 418 g/mol. The van der Waals surface area contributed by atoms with Gasteiger partial charge in [0.15, 0.2) is 11.9 Å². The maximum Gasteiger partial charge on any atom is 0.333 e. The quantitative estimate of drug-likeness (QED) is 0.349. The lowest BCUT2D eigenvalue weighted by atomic mass is 9.96. The van der Waals surface area contributed by atoms with Crippen LogP contribution in [0.5, 0.6) is 5.75 Å². The molecule has 0 unspecified atom stereocenters. The summed E-state index contributed by atoms with van der Waals surface area (Å²) in [5.41, 5.74) is 3.49. The van der Waals surface area contributed by atoms with E-state index < -0.39 is 12.1 Å². The van der Waals surface area contributed by atoms with Crippen LogP contribution in [-0.2, 0) is 16.0 Å². The molecule has 160 valence electrons. The van der Waals surface area contributed by atoms with Crippen LogP contribution in [0.2, 0.25) is 0 Å². The maximum absolute atomic E-state index is 12.7. The molecule has 0 aliphatic heterocycles. The second-order valence-corrected chi connectivity index (χ2v) is 7.19. The Morgan fingerprint density at radius 2 is 1.52 bits per heavy atom. The monoisotopic (exact) mass is 418 g/mol. The molecule has 3 rings (SSSR count). The first-order chi connectivity index (χ1) is 15.1. The average Bonchev–Trinajstić information content (AvgIpc) is 2.81. The van der Waals surface area contributed by atoms with Gasteiger partial charge in [0.2, 0.25) is 0 Å². The van der Waals surface area contributed by atoms with Crippen molar-refractivity contribution in [2.24, 2.45) is 0 Å². The number of carboxylic acid groups (broad SMARTS) is 1. The first kappa shape index (κ1) is 22.2. The predicted molar refractivity (Wildman–Crippen MR) is 120 cm³/mol. The Hall–Kier alpha value is -3.44. The van der Waals surface area contributed by atoms with E-state index in [0.29, 0.717) is 30.6 Å². The first-order valence-corrected chi connectivity index (χ1v) is 10.2. The number of hydrogen-bond donors (Lipinski definition) is 1. The molecule has 0 bridgehead atoms. The van der Waals surface area contributed by atoms with E-state index in [-0.39, 0.29) is 12.2 Å². The van der Waals surface area contributed by atoms with E-state index in [2.05, 4.69) is 12.1 Å². The molecule has 0 saturated heterocycles. The second-order valence-electron chi connectivity index (χ2n) is 7.19. The molecule has 0 radical (unpaired) electrons. The molecule has 0 heterocycles. The van der Waals surface area contributed by atoms with Crippen LogP contribution in [-0.4, -0.2) is 36.7 Å². The van der Waals surface area contributed by atoms with Gasteiger partial charge in [0, 0.05) is 25.5 Å². The summed E-state index contributed by atoms with van der Waals surface area (Å²) in [6, 6.07) is 25.1. The van der Waals surface area contributed by atoms with Crippen molar-refractivity contribution < 1.29 is 24.2 Å². The first-order valence-electron chi connectivity index (χ1n) is 10.2. The zero-order chi connectivity index (χ0) is 22.1. The van der Waals surface area contributed by atoms with Gasteiger partial charge in [-0.3, -0.25) is 4.79 Å². The fourth-order valence-corrected chi connectivity index (χ4v) is 3.37. The van der Waals surface area contributed by atoms with Gasteiger partial charge < -0.3 is 14.6 Å². The number of benzene rings is 3. The van der Waals surface area contributed by atoms with Gasteiger partial charge in [0.05, 0.1) is 6.61 Å². The minimum Gasteiger partial charge on any atom is -0.494 e. The summed E-state index contributed by atoms with van der Waals surface area (Å²) < 4.78 is 10.8. The van der Waals surface area contributed by atoms with E-state index in [9.17, 15) is 14.7 Å². The molecule has 0 aromatic heterocycles. The fourth-order valence-electron chi connectivity index (χ4n) is 3.37. The van der Waals surface area contributed by atoms with Crippen LogP contribution in [0, 0.1) is 0 Å². The van der Waals surface area contributed by atoms with Gasteiger partial charge in [-0.2, -0.15) is 0 Å². The zero-order valence-electron chi connectivity index (χ0n) is 17.5. The summed E-state index contributed by atoms with van der Waals surface area (Å²) in [4.78, 5) is 23.9. The third-order valence-corrected chi connectivity index (χ3v) is 5.06. The molecule has 0 fully saturated rings. The normalized spacial score (nSPS) is 11.6. The second kappa shape index (κ2) is 11.1. The summed E-state index contributed by atoms with van der Waals surface area (Å²) in [6.45, 7) is 0.425. The Morgan fingerprint density at radius 1 is 0.871 bits per heavy atom. The third-order valence-electron chi connectivity index (χ3n) is 5.06. The van der Waals surface area contributed by atoms with Crippen molar-refractivity contribution in [2.45, 2.75) is 25.4 Å². The van der Waals surface area contributed by atoms with E-state index in [1.165, 1.54) is 7.11 Å². The van der Waals surface area contributed by atoms with E-state index in [1.807, 2.05) is 42.5 Å². The highest BCUT2D eigenvalue weighted by molar-refractivity contribution is 5.97. The number of ketones is 1. The highest BCUT2D eigenvalue weighted by Crippen LogP contribution is 2.22. The molecule has 5 nitrogen and oxygen atoms in total. The van der Waals surface area contributed by atoms with Crippen LogP contribution >= 0.6 is 0 Å². The van der Waals surface area contributed by atoms with Gasteiger partial charge in [-0.15, -0.1) is 0 Å². The summed E-state index contributed by atoms with van der Waals surface area (Å²) >= 11 is 0. The smallest absolute Gasteiger partial charge is 0.333 e. The highest BCUT2D eigenvalue weighted by Gasteiger charge is 2.20. The van der Waals surface area contributed by atoms with Crippen molar-refractivity contribution in [3.63, 3.8) is 0 Å². The van der Waals surface area contributed by atoms with Gasteiger partial charge in [0.25, 0.3) is 0 Å². The molecule has 3 aromatic rings. The molecule has 31 heavy (non-hydrogen) atoms. The highest BCUT2D eigenvalue weighted by atomic mass is 16.5. The summed E-state index contributed by atoms with van der Waals surface area (Å²) in [6.07, 6.45) is 0.0679. The molecule has 0 aliphatic rings. The van der Waals surface area contributed by atoms with Crippen LogP contribution < -0.4 is 4.74 Å². The molecule has 0 saturated carbocycles. The van der Waals surface area contributed by atoms with E-state index in [0.717, 1.165) is 16.9 Å². The van der Waals surface area contributed by atoms with E-state index in [4.69, 9.17) is 9.47 Å². The largest absolute Gasteiger partial charge is 0.494 e. The number of ether oxygens (including phenoxy) is 2. The number of rotatable bonds is 11. The van der Waals surface area contributed by atoms with Crippen molar-refractivity contribution in [3.05, 3.63) is 90.0 Å². The fraction of sp³-hybridized carbons (Fsp3) is 0.231. The topological polar surface area (TPSA) is 72.8 Å². The molecule has 0 spiro atoms. The Labute approximate surface area is 182 Å². The SMILES string of the molecule is CO[C@@H](Cc1ccccc1C(=O)CCCOc1ccc(-c2ccccc2)cc1)C(=O)O. The van der Waals surface area contributed by atoms with E-state index in [1.54, 1.807) is 24.3 Å². The van der Waals surface area contributed by atoms with Crippen LogP contribution in [0.1, 0.15) is 28.8 Å². The predicted octanol–water partition coefficient (Wildman–Crippen LogP) is 5.04. The van der Waals surface area contributed by atoms with Gasteiger partial charge in [0.1, 0.15) is 5.75 Å². The summed E-state index contributed by atoms with van der Waals surface area (Å²) in [5.74, 6) is -0.313. The third kappa shape index (κ3) is 6.27. The van der Waals surface area contributed by atoms with Crippen molar-refractivity contribution in [2.75, 3.05) is 13.7 Å². The zero-order valence-corrected chi connectivity index (χ0v) is 17.5.